The van der Waals surface area contributed by atoms with Gasteiger partial charge < -0.3 is 10.4 Å². The van der Waals surface area contributed by atoms with Crippen LogP contribution in [0, 0.1) is 5.82 Å². The molecule has 1 aromatic carbocycles. The molecule has 0 heterocycles. The van der Waals surface area contributed by atoms with Gasteiger partial charge in [-0.1, -0.05) is 6.07 Å². The summed E-state index contributed by atoms with van der Waals surface area (Å²) >= 11 is 0. The summed E-state index contributed by atoms with van der Waals surface area (Å²) in [5, 5.41) is 12.1. The van der Waals surface area contributed by atoms with Crippen LogP contribution in [-0.4, -0.2) is 18.2 Å². The normalized spacial score (nSPS) is 12.8. The molecular weight excluding hydrogens is 181 g/mol. The van der Waals surface area contributed by atoms with Gasteiger partial charge in [-0.2, -0.15) is 0 Å². The summed E-state index contributed by atoms with van der Waals surface area (Å²) in [6.07, 6.45) is 1.78. The second-order valence-corrected chi connectivity index (χ2v) is 3.51. The molecule has 1 aromatic rings. The molecule has 0 saturated carbocycles. The van der Waals surface area contributed by atoms with Gasteiger partial charge in [-0.05, 0) is 44.5 Å². The van der Waals surface area contributed by atoms with Crippen molar-refractivity contribution in [2.75, 3.05) is 7.05 Å². The average Bonchev–Trinajstić information content (AvgIpc) is 2.19. The molecule has 0 bridgehead atoms. The lowest BCUT2D eigenvalue weighted by Crippen LogP contribution is -2.21. The molecule has 0 saturated heterocycles. The molecule has 0 spiro atoms. The Kier molecular flexibility index (Phi) is 3.89. The minimum Gasteiger partial charge on any atom is -0.505 e. The van der Waals surface area contributed by atoms with Gasteiger partial charge in [0, 0.05) is 6.04 Å². The topological polar surface area (TPSA) is 32.3 Å². The van der Waals surface area contributed by atoms with Gasteiger partial charge in [0.2, 0.25) is 0 Å². The van der Waals surface area contributed by atoms with E-state index in [0.29, 0.717) is 6.04 Å². The van der Waals surface area contributed by atoms with E-state index in [1.54, 1.807) is 6.07 Å². The summed E-state index contributed by atoms with van der Waals surface area (Å²) in [5.74, 6) is -0.824. The lowest BCUT2D eigenvalue weighted by Gasteiger charge is -2.09. The molecule has 0 aliphatic carbocycles. The van der Waals surface area contributed by atoms with E-state index in [0.717, 1.165) is 18.4 Å². The number of phenolic OH excluding ortho intramolecular Hbond substituents is 1. The van der Waals surface area contributed by atoms with Crippen LogP contribution in [0.1, 0.15) is 18.9 Å². The van der Waals surface area contributed by atoms with Crippen LogP contribution in [0.4, 0.5) is 4.39 Å². The molecule has 14 heavy (non-hydrogen) atoms. The van der Waals surface area contributed by atoms with Crippen LogP contribution in [0.2, 0.25) is 0 Å². The van der Waals surface area contributed by atoms with Gasteiger partial charge in [0.1, 0.15) is 0 Å². The van der Waals surface area contributed by atoms with E-state index in [9.17, 15) is 4.39 Å². The van der Waals surface area contributed by atoms with Crippen LogP contribution in [-0.2, 0) is 6.42 Å². The minimum atomic E-state index is -0.542. The van der Waals surface area contributed by atoms with Gasteiger partial charge in [0.15, 0.2) is 11.6 Å². The number of hydrogen-bond acceptors (Lipinski definition) is 2. The van der Waals surface area contributed by atoms with Crippen LogP contribution < -0.4 is 5.32 Å². The largest absolute Gasteiger partial charge is 0.505 e. The summed E-state index contributed by atoms with van der Waals surface area (Å²) < 4.78 is 12.9. The zero-order chi connectivity index (χ0) is 10.6. The maximum atomic E-state index is 12.9. The van der Waals surface area contributed by atoms with Crippen LogP contribution in [0.15, 0.2) is 18.2 Å². The molecule has 2 N–H and O–H groups in total. The number of aromatic hydroxyl groups is 1. The van der Waals surface area contributed by atoms with E-state index in [2.05, 4.69) is 12.2 Å². The third-order valence-corrected chi connectivity index (χ3v) is 2.37. The lowest BCUT2D eigenvalue weighted by atomic mass is 10.1. The summed E-state index contributed by atoms with van der Waals surface area (Å²) in [7, 11) is 1.90. The Morgan fingerprint density at radius 3 is 2.79 bits per heavy atom. The molecule has 0 amide bonds. The number of hydrogen-bond donors (Lipinski definition) is 2. The second kappa shape index (κ2) is 4.96. The number of halogens is 1. The molecule has 2 nitrogen and oxygen atoms in total. The predicted molar refractivity (Wildman–Crippen MR) is 54.9 cm³/mol. The molecular formula is C11H16FNO. The minimum absolute atomic E-state index is 0.282. The Hall–Kier alpha value is -1.09. The van der Waals surface area contributed by atoms with Crippen molar-refractivity contribution in [2.45, 2.75) is 25.8 Å². The predicted octanol–water partition coefficient (Wildman–Crippen LogP) is 2.07. The summed E-state index contributed by atoms with van der Waals surface area (Å²) in [4.78, 5) is 0. The first-order valence-electron chi connectivity index (χ1n) is 4.78. The Morgan fingerprint density at radius 1 is 1.50 bits per heavy atom. The Morgan fingerprint density at radius 2 is 2.21 bits per heavy atom. The highest BCUT2D eigenvalue weighted by molar-refractivity contribution is 5.28. The Bertz CT molecular complexity index is 301. The van der Waals surface area contributed by atoms with Crippen molar-refractivity contribution in [3.63, 3.8) is 0 Å². The zero-order valence-electron chi connectivity index (χ0n) is 8.55. The van der Waals surface area contributed by atoms with Crippen LogP contribution in [0.25, 0.3) is 0 Å². The van der Waals surface area contributed by atoms with Crippen molar-refractivity contribution in [1.82, 2.24) is 5.32 Å². The maximum Gasteiger partial charge on any atom is 0.165 e. The van der Waals surface area contributed by atoms with Crippen LogP contribution in [0.3, 0.4) is 0 Å². The molecule has 0 fully saturated rings. The van der Waals surface area contributed by atoms with E-state index >= 15 is 0 Å². The number of aryl methyl sites for hydroxylation is 1. The van der Waals surface area contributed by atoms with Gasteiger partial charge in [0.25, 0.3) is 0 Å². The van der Waals surface area contributed by atoms with Crippen molar-refractivity contribution >= 4 is 0 Å². The van der Waals surface area contributed by atoms with Gasteiger partial charge in [0.05, 0.1) is 0 Å². The Labute approximate surface area is 83.8 Å². The molecule has 78 valence electrons. The van der Waals surface area contributed by atoms with Gasteiger partial charge in [-0.3, -0.25) is 0 Å². The lowest BCUT2D eigenvalue weighted by molar-refractivity contribution is 0.431. The summed E-state index contributed by atoms with van der Waals surface area (Å²) in [6.45, 7) is 2.08. The molecule has 1 atom stereocenters. The molecule has 0 aromatic heterocycles. The number of rotatable bonds is 4. The van der Waals surface area contributed by atoms with Gasteiger partial charge in [-0.25, -0.2) is 4.39 Å². The van der Waals surface area contributed by atoms with E-state index in [1.807, 2.05) is 7.05 Å². The highest BCUT2D eigenvalue weighted by Crippen LogP contribution is 2.17. The fraction of sp³-hybridized carbons (Fsp3) is 0.455. The molecule has 0 radical (unpaired) electrons. The van der Waals surface area contributed by atoms with Crippen molar-refractivity contribution in [2.24, 2.45) is 0 Å². The van der Waals surface area contributed by atoms with Crippen molar-refractivity contribution < 1.29 is 9.50 Å². The van der Waals surface area contributed by atoms with Crippen LogP contribution >= 0.6 is 0 Å². The molecule has 1 unspecified atom stereocenters. The van der Waals surface area contributed by atoms with E-state index < -0.39 is 5.82 Å². The summed E-state index contributed by atoms with van der Waals surface area (Å²) in [6, 6.07) is 4.96. The first kappa shape index (κ1) is 11.0. The van der Waals surface area contributed by atoms with E-state index in [1.165, 1.54) is 12.1 Å². The fourth-order valence-electron chi connectivity index (χ4n) is 1.23. The summed E-state index contributed by atoms with van der Waals surface area (Å²) in [5.41, 5.74) is 0.919. The third kappa shape index (κ3) is 3.00. The van der Waals surface area contributed by atoms with E-state index in [4.69, 9.17) is 5.11 Å². The smallest absolute Gasteiger partial charge is 0.165 e. The van der Waals surface area contributed by atoms with E-state index in [-0.39, 0.29) is 5.75 Å². The second-order valence-electron chi connectivity index (χ2n) is 3.51. The van der Waals surface area contributed by atoms with Crippen LogP contribution in [0.5, 0.6) is 5.75 Å². The SMILES string of the molecule is CNC(C)CCc1ccc(O)c(F)c1. The van der Waals surface area contributed by atoms with Crippen molar-refractivity contribution in [3.8, 4) is 5.75 Å². The monoisotopic (exact) mass is 197 g/mol. The fourth-order valence-corrected chi connectivity index (χ4v) is 1.23. The number of phenols is 1. The first-order chi connectivity index (χ1) is 6.63. The number of nitrogens with one attached hydrogen (secondary N) is 1. The first-order valence-corrected chi connectivity index (χ1v) is 4.78. The quantitative estimate of drug-likeness (QED) is 0.774. The Balaban J connectivity index is 2.55. The average molecular weight is 197 g/mol. The number of benzene rings is 1. The molecule has 0 aliphatic heterocycles. The zero-order valence-corrected chi connectivity index (χ0v) is 8.55. The highest BCUT2D eigenvalue weighted by Gasteiger charge is 2.03. The van der Waals surface area contributed by atoms with Crippen molar-refractivity contribution in [1.29, 1.82) is 0 Å². The molecule has 0 aliphatic rings. The van der Waals surface area contributed by atoms with Gasteiger partial charge in [-0.15, -0.1) is 0 Å². The third-order valence-electron chi connectivity index (χ3n) is 2.37. The highest BCUT2D eigenvalue weighted by atomic mass is 19.1. The molecule has 3 heteroatoms. The molecule has 1 rings (SSSR count). The maximum absolute atomic E-state index is 12.9. The van der Waals surface area contributed by atoms with Crippen molar-refractivity contribution in [3.05, 3.63) is 29.6 Å². The van der Waals surface area contributed by atoms with Gasteiger partial charge >= 0.3 is 0 Å². The standard InChI is InChI=1S/C11H16FNO/c1-8(13-2)3-4-9-5-6-11(14)10(12)7-9/h5-8,13-14H,3-4H2,1-2H3.